The number of aromatic hydroxyl groups is 1. The number of nitrogens with one attached hydrogen (secondary N) is 1. The minimum absolute atomic E-state index is 0.0740. The van der Waals surface area contributed by atoms with E-state index in [1.165, 1.54) is 4.90 Å². The van der Waals surface area contributed by atoms with E-state index in [0.29, 0.717) is 18.7 Å². The number of carbonyl (C=O) groups is 1. The van der Waals surface area contributed by atoms with E-state index in [1.54, 1.807) is 23.9 Å². The number of hydrogen-bond acceptors (Lipinski definition) is 6. The second kappa shape index (κ2) is 7.36. The molecule has 1 aliphatic carbocycles. The predicted octanol–water partition coefficient (Wildman–Crippen LogP) is 5.37. The summed E-state index contributed by atoms with van der Waals surface area (Å²) < 4.78 is 5.57. The largest absolute Gasteiger partial charge is 0.508 e. The molecule has 3 aromatic rings. The van der Waals surface area contributed by atoms with Crippen LogP contribution in [0.3, 0.4) is 0 Å². The number of carbonyl (C=O) groups excluding carboxylic acids is 1. The summed E-state index contributed by atoms with van der Waals surface area (Å²) in [6.07, 6.45) is 3.06. The molecule has 0 unspecified atom stereocenters. The van der Waals surface area contributed by atoms with E-state index in [9.17, 15) is 9.90 Å². The first-order valence-electron chi connectivity index (χ1n) is 9.98. The summed E-state index contributed by atoms with van der Waals surface area (Å²) in [6.45, 7) is 1.91. The molecule has 0 amide bonds. The summed E-state index contributed by atoms with van der Waals surface area (Å²) in [7, 11) is 0. The fourth-order valence-electron chi connectivity index (χ4n) is 4.65. The maximum absolute atomic E-state index is 13.4. The number of hydrogen-bond donors (Lipinski definition) is 2. The van der Waals surface area contributed by atoms with Gasteiger partial charge in [0.15, 0.2) is 5.78 Å². The van der Waals surface area contributed by atoms with Crippen molar-refractivity contribution in [3.05, 3.63) is 82.2 Å². The van der Waals surface area contributed by atoms with Crippen LogP contribution in [-0.2, 0) is 4.79 Å². The van der Waals surface area contributed by atoms with Gasteiger partial charge in [0.2, 0.25) is 5.88 Å². The monoisotopic (exact) mass is 418 g/mol. The van der Waals surface area contributed by atoms with Crippen molar-refractivity contribution in [1.82, 2.24) is 5.16 Å². The molecule has 6 heteroatoms. The zero-order valence-electron chi connectivity index (χ0n) is 16.8. The van der Waals surface area contributed by atoms with E-state index < -0.39 is 0 Å². The molecule has 5 rings (SSSR count). The molecule has 2 heterocycles. The number of allylic oxidation sites excluding steroid dienone is 2. The lowest BCUT2D eigenvalue weighted by Crippen LogP contribution is -2.29. The number of para-hydroxylation sites is 1. The average molecular weight is 419 g/mol. The smallest absolute Gasteiger partial charge is 0.233 e. The first-order chi connectivity index (χ1) is 14.6. The van der Waals surface area contributed by atoms with Gasteiger partial charge in [-0.05, 0) is 48.9 Å². The second-order valence-electron chi connectivity index (χ2n) is 7.82. The first kappa shape index (κ1) is 19.0. The molecule has 0 fully saturated rings. The molecular weight excluding hydrogens is 396 g/mol. The molecule has 2 N–H and O–H groups in total. The van der Waals surface area contributed by atoms with Crippen LogP contribution >= 0.6 is 11.8 Å². The fraction of sp³-hybridized carbons (Fsp3) is 0.250. The summed E-state index contributed by atoms with van der Waals surface area (Å²) in [4.78, 5) is 14.6. The Morgan fingerprint density at radius 2 is 1.90 bits per heavy atom. The maximum atomic E-state index is 13.4. The minimum atomic E-state index is -0.198. The van der Waals surface area contributed by atoms with E-state index in [2.05, 4.69) is 34.7 Å². The number of nitrogens with zero attached hydrogens (tertiary/aromatic N) is 1. The molecular formula is C24H22N2O3S. The molecule has 30 heavy (non-hydrogen) atoms. The molecule has 152 valence electrons. The molecule has 5 nitrogen and oxygen atoms in total. The fourth-order valence-corrected chi connectivity index (χ4v) is 5.06. The molecule has 1 aliphatic heterocycles. The number of aromatic nitrogens is 1. The third kappa shape index (κ3) is 3.03. The van der Waals surface area contributed by atoms with E-state index in [-0.39, 0.29) is 23.4 Å². The molecule has 0 saturated carbocycles. The molecule has 2 atom stereocenters. The summed E-state index contributed by atoms with van der Waals surface area (Å²) in [6, 6.07) is 15.6. The lowest BCUT2D eigenvalue weighted by molar-refractivity contribution is -0.116. The van der Waals surface area contributed by atoms with Crippen LogP contribution in [-0.4, -0.2) is 22.3 Å². The number of phenols is 1. The number of benzene rings is 2. The molecule has 0 saturated heterocycles. The van der Waals surface area contributed by atoms with Crippen LogP contribution in [0.15, 0.2) is 69.2 Å². The van der Waals surface area contributed by atoms with Crippen molar-refractivity contribution >= 4 is 23.4 Å². The average Bonchev–Trinajstić information content (AvgIpc) is 3.13. The van der Waals surface area contributed by atoms with Gasteiger partial charge in [-0.25, -0.2) is 0 Å². The normalized spacial score (nSPS) is 20.5. The van der Waals surface area contributed by atoms with E-state index in [4.69, 9.17) is 4.52 Å². The number of ketones is 1. The summed E-state index contributed by atoms with van der Waals surface area (Å²) in [5.41, 5.74) is 5.24. The van der Waals surface area contributed by atoms with Gasteiger partial charge in [-0.3, -0.25) is 4.79 Å². The van der Waals surface area contributed by atoms with Gasteiger partial charge in [0, 0.05) is 34.4 Å². The lowest BCUT2D eigenvalue weighted by atomic mass is 9.72. The van der Waals surface area contributed by atoms with Crippen molar-refractivity contribution < 1.29 is 14.4 Å². The highest BCUT2D eigenvalue weighted by Gasteiger charge is 2.41. The number of thioether (sulfide) groups is 1. The van der Waals surface area contributed by atoms with Crippen LogP contribution in [0.2, 0.25) is 0 Å². The summed E-state index contributed by atoms with van der Waals surface area (Å²) >= 11 is 1.69. The quantitative estimate of drug-likeness (QED) is 0.557. The Morgan fingerprint density at radius 1 is 1.13 bits per heavy atom. The Bertz CT molecular complexity index is 1160. The Hall–Kier alpha value is -2.99. The van der Waals surface area contributed by atoms with Gasteiger partial charge in [-0.15, -0.1) is 11.8 Å². The highest BCUT2D eigenvalue weighted by atomic mass is 32.2. The number of aryl methyl sites for hydroxylation is 1. The van der Waals surface area contributed by atoms with Crippen LogP contribution in [0.25, 0.3) is 0 Å². The van der Waals surface area contributed by atoms with Crippen LogP contribution in [0, 0.1) is 6.92 Å². The Balaban J connectivity index is 1.61. The summed E-state index contributed by atoms with van der Waals surface area (Å²) in [5.74, 6) is 0.667. The SMILES string of the molecule is CSc1ccc([C@@H]2C3=C(C[C@@H](c4ccccc4O)CC3=O)Nc3onc(C)c32)cc1. The van der Waals surface area contributed by atoms with Gasteiger partial charge in [0.1, 0.15) is 5.75 Å². The summed E-state index contributed by atoms with van der Waals surface area (Å²) in [5, 5.41) is 17.8. The minimum Gasteiger partial charge on any atom is -0.508 e. The van der Waals surface area contributed by atoms with Gasteiger partial charge in [-0.2, -0.15) is 0 Å². The highest BCUT2D eigenvalue weighted by Crippen LogP contribution is 2.49. The predicted molar refractivity (Wildman–Crippen MR) is 117 cm³/mol. The Morgan fingerprint density at radius 3 is 2.63 bits per heavy atom. The second-order valence-corrected chi connectivity index (χ2v) is 8.70. The van der Waals surface area contributed by atoms with E-state index in [0.717, 1.165) is 33.7 Å². The standard InChI is InChI=1S/C24H22N2O3S/c1-13-21-22(14-7-9-16(30-2)10-8-14)23-18(25-24(21)29-26-13)11-15(12-20(23)28)17-5-3-4-6-19(17)27/h3-10,15,22,25,27H,11-12H2,1-2H3/t15-,22+/m1/s1. The number of fused-ring (bicyclic) bond motifs is 1. The Kier molecular flexibility index (Phi) is 4.66. The van der Waals surface area contributed by atoms with Crippen LogP contribution in [0.1, 0.15) is 47.1 Å². The maximum Gasteiger partial charge on any atom is 0.233 e. The van der Waals surface area contributed by atoms with Crippen molar-refractivity contribution in [2.75, 3.05) is 11.6 Å². The van der Waals surface area contributed by atoms with Crippen molar-refractivity contribution in [2.24, 2.45) is 0 Å². The van der Waals surface area contributed by atoms with Crippen LogP contribution in [0.4, 0.5) is 5.88 Å². The van der Waals surface area contributed by atoms with Gasteiger partial charge in [0.05, 0.1) is 11.3 Å². The van der Waals surface area contributed by atoms with Crippen LogP contribution < -0.4 is 5.32 Å². The van der Waals surface area contributed by atoms with Crippen molar-refractivity contribution in [2.45, 2.75) is 36.5 Å². The number of phenolic OH excluding ortho intramolecular Hbond substituents is 1. The molecule has 0 radical (unpaired) electrons. The van der Waals surface area contributed by atoms with Crippen molar-refractivity contribution in [3.63, 3.8) is 0 Å². The highest BCUT2D eigenvalue weighted by molar-refractivity contribution is 7.98. The number of anilines is 1. The van der Waals surface area contributed by atoms with Crippen LogP contribution in [0.5, 0.6) is 5.75 Å². The number of rotatable bonds is 3. The molecule has 0 spiro atoms. The molecule has 0 bridgehead atoms. The van der Waals surface area contributed by atoms with Gasteiger partial charge in [0.25, 0.3) is 0 Å². The molecule has 2 aromatic carbocycles. The third-order valence-electron chi connectivity index (χ3n) is 6.08. The van der Waals surface area contributed by atoms with Gasteiger partial charge >= 0.3 is 0 Å². The molecule has 2 aliphatic rings. The zero-order chi connectivity index (χ0) is 20.8. The first-order valence-corrected chi connectivity index (χ1v) is 11.2. The van der Waals surface area contributed by atoms with Gasteiger partial charge < -0.3 is 14.9 Å². The van der Waals surface area contributed by atoms with E-state index in [1.807, 2.05) is 25.3 Å². The number of Topliss-reactive ketones (excluding diaryl/α,β-unsaturated/α-hetero) is 1. The molecule has 1 aromatic heterocycles. The third-order valence-corrected chi connectivity index (χ3v) is 6.83. The zero-order valence-corrected chi connectivity index (χ0v) is 17.6. The van der Waals surface area contributed by atoms with Crippen molar-refractivity contribution in [3.8, 4) is 5.75 Å². The van der Waals surface area contributed by atoms with Gasteiger partial charge in [-0.1, -0.05) is 35.5 Å². The topological polar surface area (TPSA) is 75.4 Å². The van der Waals surface area contributed by atoms with Crippen molar-refractivity contribution in [1.29, 1.82) is 0 Å². The van der Waals surface area contributed by atoms with E-state index >= 15 is 0 Å². The Labute approximate surface area is 179 Å². The lowest BCUT2D eigenvalue weighted by Gasteiger charge is -2.34.